The number of likely N-dealkylation sites (tertiary alicyclic amines) is 1. The summed E-state index contributed by atoms with van der Waals surface area (Å²) in [6.07, 6.45) is 2.72. The van der Waals surface area contributed by atoms with Gasteiger partial charge in [-0.15, -0.1) is 0 Å². The van der Waals surface area contributed by atoms with Crippen LogP contribution in [0.2, 0.25) is 0 Å². The van der Waals surface area contributed by atoms with E-state index in [2.05, 4.69) is 36.2 Å². The number of hydrogen-bond acceptors (Lipinski definition) is 4. The lowest BCUT2D eigenvalue weighted by Crippen LogP contribution is -2.47. The van der Waals surface area contributed by atoms with Crippen LogP contribution in [-0.4, -0.2) is 60.9 Å². The normalized spacial score (nSPS) is 23.7. The molecule has 5 heteroatoms. The van der Waals surface area contributed by atoms with Crippen LogP contribution in [0.4, 0.5) is 5.69 Å². The highest BCUT2D eigenvalue weighted by atomic mass is 16.5. The third-order valence-electron chi connectivity index (χ3n) is 5.06. The van der Waals surface area contributed by atoms with E-state index >= 15 is 0 Å². The number of benzene rings is 1. The first kappa shape index (κ1) is 15.3. The van der Waals surface area contributed by atoms with Gasteiger partial charge in [-0.1, -0.05) is 18.2 Å². The smallest absolute Gasteiger partial charge is 0.248 e. The number of aliphatic hydroxyl groups is 1. The molecule has 0 unspecified atom stereocenters. The zero-order valence-electron chi connectivity index (χ0n) is 13.1. The lowest BCUT2D eigenvalue weighted by molar-refractivity contribution is -0.138. The molecule has 1 amide bonds. The summed E-state index contributed by atoms with van der Waals surface area (Å²) in [7, 11) is 2.12. The van der Waals surface area contributed by atoms with E-state index in [0.717, 1.165) is 25.9 Å². The van der Waals surface area contributed by atoms with Crippen LogP contribution >= 0.6 is 0 Å². The van der Waals surface area contributed by atoms with Crippen molar-refractivity contribution in [2.75, 3.05) is 38.3 Å². The summed E-state index contributed by atoms with van der Waals surface area (Å²) in [5, 5.41) is 8.96. The van der Waals surface area contributed by atoms with Crippen LogP contribution in [0.25, 0.3) is 0 Å². The highest BCUT2D eigenvalue weighted by Crippen LogP contribution is 2.38. The van der Waals surface area contributed by atoms with Crippen molar-refractivity contribution in [1.29, 1.82) is 0 Å². The molecule has 2 heterocycles. The van der Waals surface area contributed by atoms with Crippen molar-refractivity contribution >= 4 is 11.6 Å². The molecule has 22 heavy (non-hydrogen) atoms. The maximum atomic E-state index is 11.6. The SMILES string of the molecule is CN(c1ccccc1)[C@H]1COC2(CCN(C(=O)CO)CC2)C1. The molecule has 1 atom stereocenters. The molecule has 0 radical (unpaired) electrons. The fourth-order valence-electron chi connectivity index (χ4n) is 3.56. The summed E-state index contributed by atoms with van der Waals surface area (Å²) >= 11 is 0. The second-order valence-corrected chi connectivity index (χ2v) is 6.34. The van der Waals surface area contributed by atoms with E-state index < -0.39 is 6.61 Å². The molecule has 2 saturated heterocycles. The summed E-state index contributed by atoms with van der Waals surface area (Å²) < 4.78 is 6.16. The van der Waals surface area contributed by atoms with Gasteiger partial charge in [-0.2, -0.15) is 0 Å². The molecular weight excluding hydrogens is 280 g/mol. The van der Waals surface area contributed by atoms with E-state index in [0.29, 0.717) is 19.1 Å². The minimum absolute atomic E-state index is 0.0973. The van der Waals surface area contributed by atoms with E-state index in [-0.39, 0.29) is 11.5 Å². The largest absolute Gasteiger partial charge is 0.387 e. The average molecular weight is 304 g/mol. The Morgan fingerprint density at radius 3 is 2.68 bits per heavy atom. The number of para-hydroxylation sites is 1. The summed E-state index contributed by atoms with van der Waals surface area (Å²) in [6, 6.07) is 10.7. The quantitative estimate of drug-likeness (QED) is 0.913. The van der Waals surface area contributed by atoms with Crippen LogP contribution in [0.15, 0.2) is 30.3 Å². The van der Waals surface area contributed by atoms with Gasteiger partial charge in [0.1, 0.15) is 6.61 Å². The van der Waals surface area contributed by atoms with E-state index in [1.54, 1.807) is 4.90 Å². The molecule has 1 N–H and O–H groups in total. The minimum Gasteiger partial charge on any atom is -0.387 e. The van der Waals surface area contributed by atoms with E-state index in [9.17, 15) is 4.79 Å². The average Bonchev–Trinajstić information content (AvgIpc) is 2.98. The second-order valence-electron chi connectivity index (χ2n) is 6.34. The van der Waals surface area contributed by atoms with Crippen LogP contribution in [0, 0.1) is 0 Å². The number of nitrogens with zero attached hydrogens (tertiary/aromatic N) is 2. The van der Waals surface area contributed by atoms with Crippen molar-refractivity contribution in [3.63, 3.8) is 0 Å². The van der Waals surface area contributed by atoms with Gasteiger partial charge in [0.2, 0.25) is 5.91 Å². The summed E-state index contributed by atoms with van der Waals surface area (Å²) in [4.78, 5) is 15.6. The lowest BCUT2D eigenvalue weighted by atomic mass is 9.87. The van der Waals surface area contributed by atoms with Crippen LogP contribution in [-0.2, 0) is 9.53 Å². The fraction of sp³-hybridized carbons (Fsp3) is 0.588. The predicted octanol–water partition coefficient (Wildman–Crippen LogP) is 1.27. The third kappa shape index (κ3) is 2.96. The zero-order valence-corrected chi connectivity index (χ0v) is 13.1. The number of carbonyl (C=O) groups excluding carboxylic acids is 1. The van der Waals surface area contributed by atoms with Crippen molar-refractivity contribution in [3.8, 4) is 0 Å². The highest BCUT2D eigenvalue weighted by Gasteiger charge is 2.44. The molecule has 3 rings (SSSR count). The van der Waals surface area contributed by atoms with Gasteiger partial charge in [0.25, 0.3) is 0 Å². The highest BCUT2D eigenvalue weighted by molar-refractivity contribution is 5.77. The molecule has 0 bridgehead atoms. The zero-order chi connectivity index (χ0) is 15.6. The molecule has 0 saturated carbocycles. The monoisotopic (exact) mass is 304 g/mol. The van der Waals surface area contributed by atoms with Gasteiger partial charge in [-0.05, 0) is 31.4 Å². The molecule has 1 spiro atoms. The van der Waals surface area contributed by atoms with Gasteiger partial charge in [-0.3, -0.25) is 4.79 Å². The lowest BCUT2D eigenvalue weighted by Gasteiger charge is -2.38. The predicted molar refractivity (Wildman–Crippen MR) is 84.8 cm³/mol. The van der Waals surface area contributed by atoms with Crippen molar-refractivity contribution in [2.24, 2.45) is 0 Å². The van der Waals surface area contributed by atoms with Gasteiger partial charge in [0.15, 0.2) is 0 Å². The molecule has 2 aliphatic heterocycles. The number of anilines is 1. The number of likely N-dealkylation sites (N-methyl/N-ethyl adjacent to an activating group) is 1. The van der Waals surface area contributed by atoms with Crippen LogP contribution in [0.1, 0.15) is 19.3 Å². The first-order valence-electron chi connectivity index (χ1n) is 7.94. The Hall–Kier alpha value is -1.59. The maximum absolute atomic E-state index is 11.6. The second kappa shape index (κ2) is 6.26. The Kier molecular flexibility index (Phi) is 4.36. The topological polar surface area (TPSA) is 53.0 Å². The van der Waals surface area contributed by atoms with Crippen molar-refractivity contribution in [1.82, 2.24) is 4.90 Å². The van der Waals surface area contributed by atoms with Gasteiger partial charge in [0, 0.05) is 25.8 Å². The molecule has 5 nitrogen and oxygen atoms in total. The Labute approximate surface area is 131 Å². The van der Waals surface area contributed by atoms with Crippen molar-refractivity contribution in [3.05, 3.63) is 30.3 Å². The van der Waals surface area contributed by atoms with Crippen LogP contribution in [0.3, 0.4) is 0 Å². The fourth-order valence-corrected chi connectivity index (χ4v) is 3.56. The van der Waals surface area contributed by atoms with Gasteiger partial charge in [-0.25, -0.2) is 0 Å². The van der Waals surface area contributed by atoms with Gasteiger partial charge in [0.05, 0.1) is 18.2 Å². The number of ether oxygens (including phenoxy) is 1. The summed E-state index contributed by atoms with van der Waals surface area (Å²) in [6.45, 7) is 1.70. The Bertz CT molecular complexity index is 512. The van der Waals surface area contributed by atoms with Crippen molar-refractivity contribution in [2.45, 2.75) is 30.9 Å². The molecule has 0 aromatic heterocycles. The number of piperidine rings is 1. The Morgan fingerprint density at radius 1 is 1.36 bits per heavy atom. The van der Waals surface area contributed by atoms with Crippen molar-refractivity contribution < 1.29 is 14.6 Å². The molecular formula is C17H24N2O3. The summed E-state index contributed by atoms with van der Waals surface area (Å²) in [5.74, 6) is -0.175. The number of rotatable bonds is 3. The molecule has 2 aliphatic rings. The minimum atomic E-state index is -0.396. The molecule has 2 fully saturated rings. The van der Waals surface area contributed by atoms with Gasteiger partial charge >= 0.3 is 0 Å². The molecule has 0 aliphatic carbocycles. The number of carbonyl (C=O) groups is 1. The third-order valence-corrected chi connectivity index (χ3v) is 5.06. The number of amides is 1. The van der Waals surface area contributed by atoms with Crippen LogP contribution in [0.5, 0.6) is 0 Å². The van der Waals surface area contributed by atoms with Crippen LogP contribution < -0.4 is 4.90 Å². The maximum Gasteiger partial charge on any atom is 0.248 e. The molecule has 1 aromatic rings. The Balaban J connectivity index is 1.60. The summed E-state index contributed by atoms with van der Waals surface area (Å²) in [5.41, 5.74) is 1.11. The van der Waals surface area contributed by atoms with E-state index in [1.807, 2.05) is 6.07 Å². The Morgan fingerprint density at radius 2 is 2.05 bits per heavy atom. The molecule has 1 aromatic carbocycles. The standard InChI is InChI=1S/C17H24N2O3/c1-18(14-5-3-2-4-6-14)15-11-17(22-13-15)7-9-19(10-8-17)16(21)12-20/h2-6,15,20H,7-13H2,1H3/t15-/m1/s1. The first-order valence-corrected chi connectivity index (χ1v) is 7.94. The first-order chi connectivity index (χ1) is 10.6. The van der Waals surface area contributed by atoms with E-state index in [4.69, 9.17) is 9.84 Å². The number of hydrogen-bond donors (Lipinski definition) is 1. The van der Waals surface area contributed by atoms with Gasteiger partial charge < -0.3 is 19.6 Å². The molecule has 120 valence electrons. The number of aliphatic hydroxyl groups excluding tert-OH is 1. The van der Waals surface area contributed by atoms with E-state index in [1.165, 1.54) is 5.69 Å².